The van der Waals surface area contributed by atoms with Crippen molar-refractivity contribution in [2.75, 3.05) is 0 Å². The van der Waals surface area contributed by atoms with Gasteiger partial charge in [0.05, 0.1) is 0 Å². The van der Waals surface area contributed by atoms with E-state index in [0.29, 0.717) is 18.1 Å². The molecule has 1 aliphatic carbocycles. The Morgan fingerprint density at radius 3 is 2.60 bits per heavy atom. The second-order valence-electron chi connectivity index (χ2n) is 7.28. The van der Waals surface area contributed by atoms with Crippen LogP contribution in [0.3, 0.4) is 0 Å². The molecule has 0 bridgehead atoms. The maximum atomic E-state index is 13.2. The van der Waals surface area contributed by atoms with Crippen LogP contribution >= 0.6 is 0 Å². The summed E-state index contributed by atoms with van der Waals surface area (Å²) >= 11 is 0. The maximum absolute atomic E-state index is 13.2. The Morgan fingerprint density at radius 1 is 1.30 bits per heavy atom. The first-order valence-corrected chi connectivity index (χ1v) is 7.55. The molecule has 0 spiro atoms. The van der Waals surface area contributed by atoms with Gasteiger partial charge in [-0.1, -0.05) is 26.8 Å². The Kier molecular flexibility index (Phi) is 4.31. The Bertz CT molecular complexity index is 499. The number of rotatable bonds is 2. The van der Waals surface area contributed by atoms with E-state index in [1.54, 1.807) is 6.07 Å². The van der Waals surface area contributed by atoms with Crippen LogP contribution < -0.4 is 0 Å². The molecule has 2 heteroatoms. The lowest BCUT2D eigenvalue weighted by Crippen LogP contribution is -2.33. The summed E-state index contributed by atoms with van der Waals surface area (Å²) in [4.78, 5) is 12.2. The van der Waals surface area contributed by atoms with Gasteiger partial charge >= 0.3 is 0 Å². The highest BCUT2D eigenvalue weighted by Crippen LogP contribution is 2.40. The highest BCUT2D eigenvalue weighted by atomic mass is 19.1. The van der Waals surface area contributed by atoms with Gasteiger partial charge in [-0.2, -0.15) is 0 Å². The van der Waals surface area contributed by atoms with Gasteiger partial charge in [0.1, 0.15) is 11.6 Å². The highest BCUT2D eigenvalue weighted by molar-refractivity contribution is 5.82. The average molecular weight is 276 g/mol. The standard InChI is InChI=1S/C18H25FO/c1-12-9-16(19)7-5-13(12)10-14-11-15(18(2,3)4)6-8-17(14)20/h5,7,9,14-15H,6,8,10-11H2,1-4H3. The summed E-state index contributed by atoms with van der Waals surface area (Å²) in [5, 5.41) is 0. The number of hydrogen-bond donors (Lipinski definition) is 0. The van der Waals surface area contributed by atoms with Gasteiger partial charge in [0.2, 0.25) is 0 Å². The minimum Gasteiger partial charge on any atom is -0.299 e. The van der Waals surface area contributed by atoms with Crippen LogP contribution in [0, 0.1) is 30.0 Å². The summed E-state index contributed by atoms with van der Waals surface area (Å²) in [6.07, 6.45) is 3.45. The van der Waals surface area contributed by atoms with Crippen LogP contribution in [0.5, 0.6) is 0 Å². The molecule has 1 nitrogen and oxygen atoms in total. The van der Waals surface area contributed by atoms with Crippen LogP contribution in [-0.4, -0.2) is 5.78 Å². The van der Waals surface area contributed by atoms with E-state index < -0.39 is 0 Å². The summed E-state index contributed by atoms with van der Waals surface area (Å²) in [7, 11) is 0. The molecule has 2 rings (SSSR count). The third-order valence-electron chi connectivity index (χ3n) is 4.76. The Labute approximate surface area is 121 Å². The topological polar surface area (TPSA) is 17.1 Å². The van der Waals surface area contributed by atoms with Crippen molar-refractivity contribution in [2.45, 2.75) is 53.4 Å². The normalized spacial score (nSPS) is 23.9. The molecule has 0 saturated heterocycles. The smallest absolute Gasteiger partial charge is 0.136 e. The second kappa shape index (κ2) is 5.67. The minimum atomic E-state index is -0.200. The molecule has 0 radical (unpaired) electrons. The van der Waals surface area contributed by atoms with Crippen LogP contribution in [0.1, 0.15) is 51.2 Å². The Morgan fingerprint density at radius 2 is 2.00 bits per heavy atom. The molecule has 110 valence electrons. The molecule has 1 aromatic rings. The summed E-state index contributed by atoms with van der Waals surface area (Å²) in [6, 6.07) is 4.89. The molecule has 0 amide bonds. The van der Waals surface area contributed by atoms with Gasteiger partial charge < -0.3 is 0 Å². The van der Waals surface area contributed by atoms with Crippen molar-refractivity contribution in [3.63, 3.8) is 0 Å². The number of carbonyl (C=O) groups excluding carboxylic acids is 1. The molecular formula is C18H25FO. The van der Waals surface area contributed by atoms with Crippen LogP contribution in [0.25, 0.3) is 0 Å². The van der Waals surface area contributed by atoms with Gasteiger partial charge in [0.25, 0.3) is 0 Å². The average Bonchev–Trinajstić information content (AvgIpc) is 2.33. The Hall–Kier alpha value is -1.18. The van der Waals surface area contributed by atoms with E-state index in [1.807, 2.05) is 13.0 Å². The van der Waals surface area contributed by atoms with E-state index in [9.17, 15) is 9.18 Å². The van der Waals surface area contributed by atoms with Crippen LogP contribution in [0.15, 0.2) is 18.2 Å². The van der Waals surface area contributed by atoms with Gasteiger partial charge in [-0.3, -0.25) is 4.79 Å². The zero-order chi connectivity index (χ0) is 14.9. The van der Waals surface area contributed by atoms with Gasteiger partial charge in [-0.25, -0.2) is 4.39 Å². The van der Waals surface area contributed by atoms with Crippen molar-refractivity contribution in [2.24, 2.45) is 17.3 Å². The van der Waals surface area contributed by atoms with E-state index in [4.69, 9.17) is 0 Å². The molecule has 0 aliphatic heterocycles. The predicted molar refractivity (Wildman–Crippen MR) is 80.1 cm³/mol. The lowest BCUT2D eigenvalue weighted by molar-refractivity contribution is -0.126. The predicted octanol–water partition coefficient (Wildman–Crippen LogP) is 4.71. The molecule has 2 atom stereocenters. The van der Waals surface area contributed by atoms with Crippen LogP contribution in [0.2, 0.25) is 0 Å². The summed E-state index contributed by atoms with van der Waals surface area (Å²) < 4.78 is 13.2. The molecule has 0 N–H and O–H groups in total. The largest absolute Gasteiger partial charge is 0.299 e. The number of hydrogen-bond acceptors (Lipinski definition) is 1. The summed E-state index contributed by atoms with van der Waals surface area (Å²) in [6.45, 7) is 8.70. The lowest BCUT2D eigenvalue weighted by Gasteiger charge is -2.37. The van der Waals surface area contributed by atoms with Crippen molar-refractivity contribution >= 4 is 5.78 Å². The van der Waals surface area contributed by atoms with Crippen molar-refractivity contribution in [3.05, 3.63) is 35.1 Å². The van der Waals surface area contributed by atoms with Crippen molar-refractivity contribution in [1.82, 2.24) is 0 Å². The fraction of sp³-hybridized carbons (Fsp3) is 0.611. The van der Waals surface area contributed by atoms with Crippen molar-refractivity contribution in [1.29, 1.82) is 0 Å². The first-order valence-electron chi connectivity index (χ1n) is 7.55. The first-order chi connectivity index (χ1) is 9.27. The van der Waals surface area contributed by atoms with E-state index in [2.05, 4.69) is 20.8 Å². The van der Waals surface area contributed by atoms with Gasteiger partial charge in [0, 0.05) is 12.3 Å². The summed E-state index contributed by atoms with van der Waals surface area (Å²) in [5.41, 5.74) is 2.33. The zero-order valence-electron chi connectivity index (χ0n) is 13.0. The monoisotopic (exact) mass is 276 g/mol. The SMILES string of the molecule is Cc1cc(F)ccc1CC1CC(C(C)(C)C)CCC1=O. The molecule has 0 heterocycles. The fourth-order valence-electron chi connectivity index (χ4n) is 3.25. The van der Waals surface area contributed by atoms with Crippen molar-refractivity contribution in [3.8, 4) is 0 Å². The highest BCUT2D eigenvalue weighted by Gasteiger charge is 2.34. The second-order valence-corrected chi connectivity index (χ2v) is 7.28. The fourth-order valence-corrected chi connectivity index (χ4v) is 3.25. The van der Waals surface area contributed by atoms with Crippen molar-refractivity contribution < 1.29 is 9.18 Å². The number of benzene rings is 1. The molecule has 1 aliphatic rings. The lowest BCUT2D eigenvalue weighted by atomic mass is 9.67. The molecule has 1 aromatic carbocycles. The Balaban J connectivity index is 2.12. The van der Waals surface area contributed by atoms with Gasteiger partial charge in [0.15, 0.2) is 0 Å². The number of Topliss-reactive ketones (excluding diaryl/α,β-unsaturated/α-hetero) is 1. The number of ketones is 1. The molecule has 2 unspecified atom stereocenters. The molecule has 1 fully saturated rings. The van der Waals surface area contributed by atoms with E-state index in [0.717, 1.165) is 30.4 Å². The van der Waals surface area contributed by atoms with Gasteiger partial charge in [-0.15, -0.1) is 0 Å². The first kappa shape index (κ1) is 15.2. The van der Waals surface area contributed by atoms with Gasteiger partial charge in [-0.05, 0) is 60.8 Å². The quantitative estimate of drug-likeness (QED) is 0.764. The van der Waals surface area contributed by atoms with Crippen LogP contribution in [0.4, 0.5) is 4.39 Å². The number of halogens is 1. The maximum Gasteiger partial charge on any atom is 0.136 e. The molecule has 1 saturated carbocycles. The molecular weight excluding hydrogens is 251 g/mol. The third kappa shape index (κ3) is 3.47. The third-order valence-corrected chi connectivity index (χ3v) is 4.76. The zero-order valence-corrected chi connectivity index (χ0v) is 13.0. The minimum absolute atomic E-state index is 0.108. The number of carbonyl (C=O) groups is 1. The van der Waals surface area contributed by atoms with Crippen LogP contribution in [-0.2, 0) is 11.2 Å². The number of aryl methyl sites for hydroxylation is 1. The molecule has 0 aromatic heterocycles. The van der Waals surface area contributed by atoms with E-state index in [-0.39, 0.29) is 17.2 Å². The summed E-state index contributed by atoms with van der Waals surface area (Å²) in [5.74, 6) is 0.895. The van der Waals surface area contributed by atoms with E-state index in [1.165, 1.54) is 6.07 Å². The molecule has 20 heavy (non-hydrogen) atoms. The van der Waals surface area contributed by atoms with E-state index >= 15 is 0 Å².